The fourth-order valence-corrected chi connectivity index (χ4v) is 5.27. The highest BCUT2D eigenvalue weighted by molar-refractivity contribution is 5.98. The molecule has 7 nitrogen and oxygen atoms in total. The summed E-state index contributed by atoms with van der Waals surface area (Å²) in [5, 5.41) is 0.499. The maximum Gasteiger partial charge on any atom is 0.331 e. The van der Waals surface area contributed by atoms with Crippen LogP contribution in [0.2, 0.25) is 0 Å². The number of rotatable bonds is 3. The first-order valence-electron chi connectivity index (χ1n) is 12.2. The highest BCUT2D eigenvalue weighted by Crippen LogP contribution is 2.46. The number of aromatic nitrogens is 3. The molecule has 5 aromatic rings. The van der Waals surface area contributed by atoms with Crippen molar-refractivity contribution in [3.05, 3.63) is 110 Å². The Kier molecular flexibility index (Phi) is 5.12. The second-order valence-corrected chi connectivity index (χ2v) is 9.82. The van der Waals surface area contributed by atoms with Crippen molar-refractivity contribution in [3.63, 3.8) is 0 Å². The molecule has 3 heterocycles. The fourth-order valence-electron chi connectivity index (χ4n) is 5.27. The monoisotopic (exact) mass is 492 g/mol. The number of hydrogen-bond donors (Lipinski definition) is 0. The number of fused-ring (bicyclic) bond motifs is 5. The molecule has 6 rings (SSSR count). The van der Waals surface area contributed by atoms with Crippen molar-refractivity contribution in [2.24, 2.45) is 14.1 Å². The summed E-state index contributed by atoms with van der Waals surface area (Å²) in [6.45, 7) is 2.04. The van der Waals surface area contributed by atoms with E-state index < -0.39 is 6.10 Å². The zero-order valence-electron chi connectivity index (χ0n) is 21.5. The second kappa shape index (κ2) is 8.27. The number of ether oxygens (including phenoxy) is 1. The molecule has 0 bridgehead atoms. The molecule has 0 saturated carbocycles. The molecular formula is C30H28N4O3. The molecule has 0 spiro atoms. The van der Waals surface area contributed by atoms with Crippen molar-refractivity contribution in [2.45, 2.75) is 13.0 Å². The predicted octanol–water partition coefficient (Wildman–Crippen LogP) is 4.55. The van der Waals surface area contributed by atoms with Gasteiger partial charge in [-0.3, -0.25) is 13.9 Å². The van der Waals surface area contributed by atoms with Gasteiger partial charge in [0.25, 0.3) is 5.56 Å². The Morgan fingerprint density at radius 1 is 0.838 bits per heavy atom. The third-order valence-corrected chi connectivity index (χ3v) is 7.25. The highest BCUT2D eigenvalue weighted by Gasteiger charge is 2.36. The zero-order valence-corrected chi connectivity index (χ0v) is 21.5. The van der Waals surface area contributed by atoms with Gasteiger partial charge in [0.1, 0.15) is 5.75 Å². The molecule has 0 fully saturated rings. The van der Waals surface area contributed by atoms with Gasteiger partial charge in [-0.25, -0.2) is 4.79 Å². The Hall–Kier alpha value is -4.52. The first kappa shape index (κ1) is 22.9. The molecule has 3 aromatic carbocycles. The van der Waals surface area contributed by atoms with Crippen molar-refractivity contribution < 1.29 is 4.74 Å². The van der Waals surface area contributed by atoms with E-state index in [1.165, 1.54) is 11.6 Å². The third kappa shape index (κ3) is 3.34. The minimum atomic E-state index is -0.523. The summed E-state index contributed by atoms with van der Waals surface area (Å²) in [6, 6.07) is 24.2. The van der Waals surface area contributed by atoms with Gasteiger partial charge < -0.3 is 14.2 Å². The molecule has 1 aliphatic heterocycles. The number of anilines is 1. The van der Waals surface area contributed by atoms with Gasteiger partial charge in [0.2, 0.25) is 0 Å². The molecule has 0 saturated heterocycles. The lowest BCUT2D eigenvalue weighted by molar-refractivity contribution is 0.229. The van der Waals surface area contributed by atoms with Crippen LogP contribution in [-0.4, -0.2) is 27.8 Å². The largest absolute Gasteiger partial charge is 0.477 e. The van der Waals surface area contributed by atoms with Crippen LogP contribution in [-0.2, 0) is 14.1 Å². The minimum absolute atomic E-state index is 0.324. The van der Waals surface area contributed by atoms with Gasteiger partial charge in [0.15, 0.2) is 6.10 Å². The van der Waals surface area contributed by atoms with Crippen molar-refractivity contribution in [1.82, 2.24) is 13.7 Å². The summed E-state index contributed by atoms with van der Waals surface area (Å²) in [4.78, 5) is 28.9. The smallest absolute Gasteiger partial charge is 0.331 e. The van der Waals surface area contributed by atoms with Gasteiger partial charge in [0.05, 0.1) is 28.0 Å². The Labute approximate surface area is 214 Å². The standard InChI is InChI=1S/C30H28N4O3/c1-18-10-12-19(13-11-18)25-24-26(32(4)30(36)33(5)29(24)35)27-28(20-14-16-21(17-15-20)31(2)3)37-23-9-7-6-8-22(23)34(25)27/h6-17,28H,1-5H3/t28-/m1/s1. The van der Waals surface area contributed by atoms with Crippen LogP contribution >= 0.6 is 0 Å². The average molecular weight is 493 g/mol. The van der Waals surface area contributed by atoms with Gasteiger partial charge in [0, 0.05) is 33.9 Å². The Balaban J connectivity index is 1.79. The third-order valence-electron chi connectivity index (χ3n) is 7.25. The van der Waals surface area contributed by atoms with E-state index in [2.05, 4.69) is 4.57 Å². The Morgan fingerprint density at radius 3 is 2.19 bits per heavy atom. The van der Waals surface area contributed by atoms with E-state index in [4.69, 9.17) is 4.74 Å². The normalized spacial score (nSPS) is 14.2. The Bertz CT molecular complexity index is 1790. The number of hydrogen-bond acceptors (Lipinski definition) is 4. The topological polar surface area (TPSA) is 61.4 Å². The highest BCUT2D eigenvalue weighted by atomic mass is 16.5. The maximum atomic E-state index is 13.7. The molecule has 1 atom stereocenters. The van der Waals surface area contributed by atoms with Crippen LogP contribution in [0.3, 0.4) is 0 Å². The second-order valence-electron chi connectivity index (χ2n) is 9.82. The van der Waals surface area contributed by atoms with Gasteiger partial charge in [-0.05, 0) is 42.3 Å². The van der Waals surface area contributed by atoms with Crippen molar-refractivity contribution in [1.29, 1.82) is 0 Å². The van der Waals surface area contributed by atoms with Crippen LogP contribution in [0.15, 0.2) is 82.4 Å². The minimum Gasteiger partial charge on any atom is -0.477 e. The van der Waals surface area contributed by atoms with E-state index in [1.54, 1.807) is 11.6 Å². The van der Waals surface area contributed by atoms with Crippen molar-refractivity contribution in [2.75, 3.05) is 19.0 Å². The molecular weight excluding hydrogens is 464 g/mol. The van der Waals surface area contributed by atoms with Gasteiger partial charge >= 0.3 is 5.69 Å². The molecule has 7 heteroatoms. The fraction of sp³-hybridized carbons (Fsp3) is 0.200. The van der Waals surface area contributed by atoms with E-state index in [0.29, 0.717) is 16.7 Å². The van der Waals surface area contributed by atoms with E-state index in [1.807, 2.05) is 98.7 Å². The van der Waals surface area contributed by atoms with Gasteiger partial charge in [-0.15, -0.1) is 0 Å². The summed E-state index contributed by atoms with van der Waals surface area (Å²) >= 11 is 0. The molecule has 0 radical (unpaired) electrons. The quantitative estimate of drug-likeness (QED) is 0.371. The lowest BCUT2D eigenvalue weighted by atomic mass is 10.0. The van der Waals surface area contributed by atoms with E-state index in [0.717, 1.165) is 39.5 Å². The number of para-hydroxylation sites is 2. The average Bonchev–Trinajstić information content (AvgIpc) is 3.27. The number of benzene rings is 3. The molecule has 0 N–H and O–H groups in total. The van der Waals surface area contributed by atoms with Crippen LogP contribution < -0.4 is 20.9 Å². The van der Waals surface area contributed by atoms with Crippen LogP contribution in [0, 0.1) is 6.92 Å². The van der Waals surface area contributed by atoms with Gasteiger partial charge in [-0.1, -0.05) is 54.1 Å². The summed E-state index contributed by atoms with van der Waals surface area (Å²) < 4.78 is 11.5. The molecule has 0 amide bonds. The van der Waals surface area contributed by atoms with Crippen molar-refractivity contribution >= 4 is 16.6 Å². The van der Waals surface area contributed by atoms with E-state index >= 15 is 0 Å². The molecule has 186 valence electrons. The Morgan fingerprint density at radius 2 is 1.51 bits per heavy atom. The lowest BCUT2D eigenvalue weighted by Gasteiger charge is -2.30. The van der Waals surface area contributed by atoms with Crippen molar-refractivity contribution in [3.8, 4) is 22.7 Å². The molecule has 37 heavy (non-hydrogen) atoms. The van der Waals surface area contributed by atoms with Crippen LogP contribution in [0.1, 0.15) is 22.9 Å². The SMILES string of the molecule is Cc1ccc(-c2c3c(=O)n(C)c(=O)n(C)c3c3n2-c2ccccc2O[C@@H]3c2ccc(N(C)C)cc2)cc1. The van der Waals surface area contributed by atoms with E-state index in [-0.39, 0.29) is 11.2 Å². The van der Waals surface area contributed by atoms with E-state index in [9.17, 15) is 9.59 Å². The van der Waals surface area contributed by atoms with Crippen LogP contribution in [0.5, 0.6) is 5.75 Å². The lowest BCUT2D eigenvalue weighted by Crippen LogP contribution is -2.37. The number of nitrogens with zero attached hydrogens (tertiary/aromatic N) is 4. The molecule has 2 aromatic heterocycles. The first-order chi connectivity index (χ1) is 17.8. The summed E-state index contributed by atoms with van der Waals surface area (Å²) in [5.74, 6) is 0.715. The van der Waals surface area contributed by atoms with Crippen LogP contribution in [0.4, 0.5) is 5.69 Å². The summed E-state index contributed by atoms with van der Waals surface area (Å²) in [7, 11) is 7.25. The van der Waals surface area contributed by atoms with Gasteiger partial charge in [-0.2, -0.15) is 0 Å². The number of aryl methyl sites for hydroxylation is 2. The predicted molar refractivity (Wildman–Crippen MR) is 147 cm³/mol. The molecule has 0 unspecified atom stereocenters. The molecule has 0 aliphatic carbocycles. The summed E-state index contributed by atoms with van der Waals surface area (Å²) in [6.07, 6.45) is -0.523. The van der Waals surface area contributed by atoms with Crippen LogP contribution in [0.25, 0.3) is 27.8 Å². The molecule has 1 aliphatic rings. The maximum absolute atomic E-state index is 13.7. The summed E-state index contributed by atoms with van der Waals surface area (Å²) in [5.41, 5.74) is 6.27. The zero-order chi connectivity index (χ0) is 26.0. The first-order valence-corrected chi connectivity index (χ1v) is 12.2.